The van der Waals surface area contributed by atoms with Gasteiger partial charge in [0.05, 0.1) is 0 Å². The Kier molecular flexibility index (Phi) is 4.60. The SMILES string of the molecule is CCC=C(C)C(=O)ON=[N+]=[N-]. The predicted octanol–water partition coefficient (Wildman–Crippen LogP) is 2.11. The van der Waals surface area contributed by atoms with Gasteiger partial charge in [0.2, 0.25) is 0 Å². The number of rotatable bonds is 3. The molecule has 0 aliphatic rings. The molecule has 0 aromatic carbocycles. The van der Waals surface area contributed by atoms with Crippen molar-refractivity contribution in [2.24, 2.45) is 5.28 Å². The predicted molar refractivity (Wildman–Crippen MR) is 39.3 cm³/mol. The zero-order chi connectivity index (χ0) is 8.69. The molecule has 0 heterocycles. The maximum Gasteiger partial charge on any atom is 0.345 e. The van der Waals surface area contributed by atoms with E-state index in [0.29, 0.717) is 5.57 Å². The standard InChI is InChI=1S/C6H9N3O2/c1-3-4-5(2)6(10)11-9-8-7/h4H,3H2,1-2H3. The first kappa shape index (κ1) is 9.52. The molecule has 5 heteroatoms. The molecule has 0 amide bonds. The number of carbonyl (C=O) groups excluding carboxylic acids is 1. The molecule has 0 bridgehead atoms. The van der Waals surface area contributed by atoms with E-state index < -0.39 is 5.97 Å². The fourth-order valence-electron chi connectivity index (χ4n) is 0.517. The topological polar surface area (TPSA) is 75.1 Å². The van der Waals surface area contributed by atoms with Crippen molar-refractivity contribution in [3.05, 3.63) is 22.1 Å². The molecule has 0 rings (SSSR count). The summed E-state index contributed by atoms with van der Waals surface area (Å²) >= 11 is 0. The molecule has 11 heavy (non-hydrogen) atoms. The van der Waals surface area contributed by atoms with E-state index >= 15 is 0 Å². The minimum atomic E-state index is -0.607. The number of hydrogen-bond acceptors (Lipinski definition) is 3. The fraction of sp³-hybridized carbons (Fsp3) is 0.500. The lowest BCUT2D eigenvalue weighted by atomic mass is 10.2. The molecule has 0 radical (unpaired) electrons. The quantitative estimate of drug-likeness (QED) is 0.206. The average molecular weight is 155 g/mol. The number of azide groups is 1. The number of carbonyl (C=O) groups is 1. The van der Waals surface area contributed by atoms with E-state index in [1.54, 1.807) is 13.0 Å². The summed E-state index contributed by atoms with van der Waals surface area (Å²) in [5.41, 5.74) is 8.23. The highest BCUT2D eigenvalue weighted by Gasteiger charge is 2.02. The molecular weight excluding hydrogens is 146 g/mol. The van der Waals surface area contributed by atoms with Crippen molar-refractivity contribution in [2.45, 2.75) is 20.3 Å². The lowest BCUT2D eigenvalue weighted by molar-refractivity contribution is -0.139. The van der Waals surface area contributed by atoms with Crippen molar-refractivity contribution in [3.8, 4) is 0 Å². The Labute approximate surface area is 64.2 Å². The van der Waals surface area contributed by atoms with Crippen molar-refractivity contribution in [3.63, 3.8) is 0 Å². The lowest BCUT2D eigenvalue weighted by Gasteiger charge is -1.94. The molecule has 0 fully saturated rings. The first-order chi connectivity index (χ1) is 5.22. The summed E-state index contributed by atoms with van der Waals surface area (Å²) in [5, 5.41) is 2.67. The van der Waals surface area contributed by atoms with Gasteiger partial charge >= 0.3 is 5.97 Å². The van der Waals surface area contributed by atoms with Crippen LogP contribution >= 0.6 is 0 Å². The van der Waals surface area contributed by atoms with Crippen LogP contribution in [0.5, 0.6) is 0 Å². The van der Waals surface area contributed by atoms with Gasteiger partial charge in [0, 0.05) is 10.5 Å². The Hall–Kier alpha value is -1.48. The van der Waals surface area contributed by atoms with Crippen LogP contribution in [0.25, 0.3) is 10.4 Å². The Morgan fingerprint density at radius 3 is 2.91 bits per heavy atom. The molecule has 0 unspecified atom stereocenters. The minimum absolute atomic E-state index is 0.444. The number of allylic oxidation sites excluding steroid dienone is 1. The highest BCUT2D eigenvalue weighted by molar-refractivity contribution is 5.87. The van der Waals surface area contributed by atoms with Gasteiger partial charge in [0.1, 0.15) is 5.28 Å². The largest absolute Gasteiger partial charge is 0.355 e. The first-order valence-electron chi connectivity index (χ1n) is 3.14. The molecule has 5 nitrogen and oxygen atoms in total. The van der Waals surface area contributed by atoms with Crippen molar-refractivity contribution in [1.82, 2.24) is 0 Å². The third kappa shape index (κ3) is 4.00. The van der Waals surface area contributed by atoms with Gasteiger partial charge in [-0.2, -0.15) is 0 Å². The highest BCUT2D eigenvalue weighted by atomic mass is 16.7. The molecule has 0 N–H and O–H groups in total. The Bertz CT molecular complexity index is 216. The molecule has 0 atom stereocenters. The Morgan fingerprint density at radius 2 is 2.45 bits per heavy atom. The third-order valence-corrected chi connectivity index (χ3v) is 0.993. The zero-order valence-corrected chi connectivity index (χ0v) is 6.44. The van der Waals surface area contributed by atoms with Crippen LogP contribution in [0.2, 0.25) is 0 Å². The van der Waals surface area contributed by atoms with E-state index in [-0.39, 0.29) is 0 Å². The minimum Gasteiger partial charge on any atom is -0.355 e. The summed E-state index contributed by atoms with van der Waals surface area (Å²) in [6.07, 6.45) is 2.44. The molecule has 0 spiro atoms. The third-order valence-electron chi connectivity index (χ3n) is 0.993. The molecule has 0 aromatic rings. The molecule has 0 saturated carbocycles. The van der Waals surface area contributed by atoms with Gasteiger partial charge in [-0.1, -0.05) is 13.0 Å². The van der Waals surface area contributed by atoms with Gasteiger partial charge in [0.25, 0.3) is 0 Å². The van der Waals surface area contributed by atoms with E-state index in [9.17, 15) is 4.79 Å². The molecule has 0 aliphatic heterocycles. The highest BCUT2D eigenvalue weighted by Crippen LogP contribution is 1.98. The number of nitrogens with zero attached hydrogens (tertiary/aromatic N) is 3. The normalized spacial score (nSPS) is 10.2. The summed E-state index contributed by atoms with van der Waals surface area (Å²) in [6.45, 7) is 3.49. The first-order valence-corrected chi connectivity index (χ1v) is 3.14. The van der Waals surface area contributed by atoms with Crippen LogP contribution in [0.4, 0.5) is 0 Å². The smallest absolute Gasteiger partial charge is 0.345 e. The van der Waals surface area contributed by atoms with Crippen LogP contribution in [-0.2, 0) is 9.63 Å². The van der Waals surface area contributed by atoms with Crippen LogP contribution < -0.4 is 0 Å². The summed E-state index contributed by atoms with van der Waals surface area (Å²) in [5.74, 6) is -0.607. The molecule has 0 saturated heterocycles. The van der Waals surface area contributed by atoms with Gasteiger partial charge in [-0.25, -0.2) is 4.79 Å². The maximum atomic E-state index is 10.7. The maximum absolute atomic E-state index is 10.7. The van der Waals surface area contributed by atoms with Crippen LogP contribution in [-0.4, -0.2) is 5.97 Å². The molecular formula is C6H9N3O2. The van der Waals surface area contributed by atoms with E-state index in [1.165, 1.54) is 0 Å². The summed E-state index contributed by atoms with van der Waals surface area (Å²) in [4.78, 5) is 17.1. The molecule has 60 valence electrons. The fourth-order valence-corrected chi connectivity index (χ4v) is 0.517. The summed E-state index contributed by atoms with van der Waals surface area (Å²) in [6, 6.07) is 0. The van der Waals surface area contributed by atoms with Crippen molar-refractivity contribution in [2.75, 3.05) is 0 Å². The molecule has 0 aliphatic carbocycles. The van der Waals surface area contributed by atoms with Gasteiger partial charge in [-0.3, -0.25) is 0 Å². The van der Waals surface area contributed by atoms with Crippen molar-refractivity contribution in [1.29, 1.82) is 0 Å². The van der Waals surface area contributed by atoms with Crippen LogP contribution in [0, 0.1) is 0 Å². The van der Waals surface area contributed by atoms with Crippen LogP contribution in [0.3, 0.4) is 0 Å². The van der Waals surface area contributed by atoms with Crippen LogP contribution in [0.15, 0.2) is 16.9 Å². The van der Waals surface area contributed by atoms with E-state index in [4.69, 9.17) is 5.53 Å². The zero-order valence-electron chi connectivity index (χ0n) is 6.44. The molecule has 0 aromatic heterocycles. The summed E-state index contributed by atoms with van der Waals surface area (Å²) in [7, 11) is 0. The average Bonchev–Trinajstić information content (AvgIpc) is 2.00. The van der Waals surface area contributed by atoms with Gasteiger partial charge in [-0.05, 0) is 18.9 Å². The van der Waals surface area contributed by atoms with Crippen LogP contribution in [0.1, 0.15) is 20.3 Å². The van der Waals surface area contributed by atoms with Crippen molar-refractivity contribution < 1.29 is 9.63 Å². The van der Waals surface area contributed by atoms with E-state index in [2.05, 4.69) is 15.0 Å². The Morgan fingerprint density at radius 1 is 1.82 bits per heavy atom. The second kappa shape index (κ2) is 5.32. The monoisotopic (exact) mass is 155 g/mol. The van der Waals surface area contributed by atoms with Crippen molar-refractivity contribution >= 4 is 5.97 Å². The second-order valence-corrected chi connectivity index (χ2v) is 1.85. The van der Waals surface area contributed by atoms with E-state index in [0.717, 1.165) is 6.42 Å². The van der Waals surface area contributed by atoms with Gasteiger partial charge in [0.15, 0.2) is 0 Å². The summed E-state index contributed by atoms with van der Waals surface area (Å²) < 4.78 is 0. The van der Waals surface area contributed by atoms with Gasteiger partial charge < -0.3 is 4.84 Å². The second-order valence-electron chi connectivity index (χ2n) is 1.85. The lowest BCUT2D eigenvalue weighted by Crippen LogP contribution is -1.99. The Balaban J connectivity index is 4.03. The number of hydrogen-bond donors (Lipinski definition) is 0. The van der Waals surface area contributed by atoms with E-state index in [1.807, 2.05) is 6.92 Å². The van der Waals surface area contributed by atoms with Gasteiger partial charge in [-0.15, -0.1) is 0 Å².